The standard InChI is InChI=1S/C21H29N3O2/c1-4-17-9-7-8-10-20(17)26-16-15-22-21(25)23-18-11-13-19(14-12-18)24(5-2)6-3/h7-14H,4-6,15-16H2,1-3H3,(H2,22,23,25). The maximum absolute atomic E-state index is 12.0. The smallest absolute Gasteiger partial charge is 0.319 e. The molecule has 2 rings (SSSR count). The van der Waals surface area contributed by atoms with Gasteiger partial charge in [0, 0.05) is 24.5 Å². The lowest BCUT2D eigenvalue weighted by Gasteiger charge is -2.21. The van der Waals surface area contributed by atoms with E-state index in [4.69, 9.17) is 4.74 Å². The summed E-state index contributed by atoms with van der Waals surface area (Å²) in [4.78, 5) is 14.2. The van der Waals surface area contributed by atoms with Gasteiger partial charge in [-0.3, -0.25) is 0 Å². The van der Waals surface area contributed by atoms with Crippen molar-refractivity contribution < 1.29 is 9.53 Å². The van der Waals surface area contributed by atoms with Gasteiger partial charge in [0.1, 0.15) is 12.4 Å². The van der Waals surface area contributed by atoms with Crippen LogP contribution in [-0.2, 0) is 6.42 Å². The second kappa shape index (κ2) is 10.3. The van der Waals surface area contributed by atoms with E-state index in [2.05, 4.69) is 42.4 Å². The largest absolute Gasteiger partial charge is 0.491 e. The van der Waals surface area contributed by atoms with E-state index in [1.165, 1.54) is 5.56 Å². The number of anilines is 2. The van der Waals surface area contributed by atoms with Crippen LogP contribution in [0.1, 0.15) is 26.3 Å². The van der Waals surface area contributed by atoms with Gasteiger partial charge in [-0.05, 0) is 56.2 Å². The zero-order valence-electron chi connectivity index (χ0n) is 15.9. The van der Waals surface area contributed by atoms with Crippen LogP contribution in [0.25, 0.3) is 0 Å². The van der Waals surface area contributed by atoms with Crippen molar-refractivity contribution in [3.05, 3.63) is 54.1 Å². The van der Waals surface area contributed by atoms with Crippen molar-refractivity contribution in [2.75, 3.05) is 36.5 Å². The van der Waals surface area contributed by atoms with Crippen molar-refractivity contribution in [1.82, 2.24) is 5.32 Å². The number of amides is 2. The van der Waals surface area contributed by atoms with Crippen LogP contribution in [0.4, 0.5) is 16.2 Å². The third kappa shape index (κ3) is 5.69. The predicted molar refractivity (Wildman–Crippen MR) is 108 cm³/mol. The molecular weight excluding hydrogens is 326 g/mol. The molecule has 0 heterocycles. The normalized spacial score (nSPS) is 10.3. The van der Waals surface area contributed by atoms with Crippen molar-refractivity contribution in [2.45, 2.75) is 27.2 Å². The Labute approximate surface area is 156 Å². The molecule has 2 aromatic rings. The molecule has 0 aliphatic carbocycles. The Kier molecular flexibility index (Phi) is 7.80. The van der Waals surface area contributed by atoms with Crippen LogP contribution in [0, 0.1) is 0 Å². The third-order valence-electron chi connectivity index (χ3n) is 4.25. The number of urea groups is 1. The Morgan fingerprint density at radius 1 is 1.00 bits per heavy atom. The number of carbonyl (C=O) groups is 1. The number of ether oxygens (including phenoxy) is 1. The zero-order valence-corrected chi connectivity index (χ0v) is 15.9. The number of hydrogen-bond donors (Lipinski definition) is 2. The average Bonchev–Trinajstić information content (AvgIpc) is 2.68. The minimum atomic E-state index is -0.229. The molecule has 0 bridgehead atoms. The lowest BCUT2D eigenvalue weighted by molar-refractivity contribution is 0.247. The fraction of sp³-hybridized carbons (Fsp3) is 0.381. The number of carbonyl (C=O) groups excluding carboxylic acids is 1. The molecule has 0 aromatic heterocycles. The summed E-state index contributed by atoms with van der Waals surface area (Å²) in [5.41, 5.74) is 3.10. The van der Waals surface area contributed by atoms with E-state index in [1.54, 1.807) is 0 Å². The summed E-state index contributed by atoms with van der Waals surface area (Å²) < 4.78 is 5.75. The quantitative estimate of drug-likeness (QED) is 0.660. The summed E-state index contributed by atoms with van der Waals surface area (Å²) in [6.45, 7) is 9.16. The highest BCUT2D eigenvalue weighted by molar-refractivity contribution is 5.89. The fourth-order valence-corrected chi connectivity index (χ4v) is 2.78. The van der Waals surface area contributed by atoms with Crippen LogP contribution in [0.15, 0.2) is 48.5 Å². The van der Waals surface area contributed by atoms with Crippen molar-refractivity contribution in [1.29, 1.82) is 0 Å². The summed E-state index contributed by atoms with van der Waals surface area (Å²) in [6.07, 6.45) is 0.924. The van der Waals surface area contributed by atoms with Gasteiger partial charge in [0.15, 0.2) is 0 Å². The zero-order chi connectivity index (χ0) is 18.8. The van der Waals surface area contributed by atoms with Gasteiger partial charge in [-0.2, -0.15) is 0 Å². The molecule has 0 spiro atoms. The van der Waals surface area contributed by atoms with E-state index >= 15 is 0 Å². The highest BCUT2D eigenvalue weighted by atomic mass is 16.5. The van der Waals surface area contributed by atoms with Crippen molar-refractivity contribution in [3.8, 4) is 5.75 Å². The molecule has 5 heteroatoms. The van der Waals surface area contributed by atoms with Crippen molar-refractivity contribution >= 4 is 17.4 Å². The Morgan fingerprint density at radius 3 is 2.35 bits per heavy atom. The summed E-state index contributed by atoms with van der Waals surface area (Å²) >= 11 is 0. The lowest BCUT2D eigenvalue weighted by Crippen LogP contribution is -2.32. The van der Waals surface area contributed by atoms with Crippen LogP contribution in [0.5, 0.6) is 5.75 Å². The first kappa shape index (κ1) is 19.6. The number of rotatable bonds is 9. The minimum absolute atomic E-state index is 0.229. The van der Waals surface area contributed by atoms with Gasteiger partial charge in [0.25, 0.3) is 0 Å². The lowest BCUT2D eigenvalue weighted by atomic mass is 10.1. The second-order valence-corrected chi connectivity index (χ2v) is 5.91. The summed E-state index contributed by atoms with van der Waals surface area (Å²) in [6, 6.07) is 15.6. The van der Waals surface area contributed by atoms with E-state index in [-0.39, 0.29) is 6.03 Å². The Balaban J connectivity index is 1.75. The van der Waals surface area contributed by atoms with Crippen LogP contribution in [-0.4, -0.2) is 32.3 Å². The van der Waals surface area contributed by atoms with E-state index in [0.29, 0.717) is 13.2 Å². The maximum Gasteiger partial charge on any atom is 0.319 e. The van der Waals surface area contributed by atoms with Crippen LogP contribution >= 0.6 is 0 Å². The molecule has 0 unspecified atom stereocenters. The summed E-state index contributed by atoms with van der Waals surface area (Å²) in [5.74, 6) is 0.879. The Hall–Kier alpha value is -2.69. The van der Waals surface area contributed by atoms with Gasteiger partial charge >= 0.3 is 6.03 Å². The van der Waals surface area contributed by atoms with Crippen LogP contribution in [0.2, 0.25) is 0 Å². The molecule has 0 saturated heterocycles. The molecule has 2 aromatic carbocycles. The van der Waals surface area contributed by atoms with Gasteiger partial charge in [-0.25, -0.2) is 4.79 Å². The summed E-state index contributed by atoms with van der Waals surface area (Å²) in [5, 5.41) is 5.65. The SMILES string of the molecule is CCc1ccccc1OCCNC(=O)Nc1ccc(N(CC)CC)cc1. The molecule has 0 atom stereocenters. The van der Waals surface area contributed by atoms with Crippen molar-refractivity contribution in [2.24, 2.45) is 0 Å². The van der Waals surface area contributed by atoms with E-state index in [9.17, 15) is 4.79 Å². The molecule has 0 aliphatic rings. The molecule has 26 heavy (non-hydrogen) atoms. The molecule has 0 fully saturated rings. The Morgan fingerprint density at radius 2 is 1.69 bits per heavy atom. The molecule has 2 N–H and O–H groups in total. The van der Waals surface area contributed by atoms with Gasteiger partial charge in [-0.1, -0.05) is 25.1 Å². The first-order valence-corrected chi connectivity index (χ1v) is 9.28. The van der Waals surface area contributed by atoms with Gasteiger partial charge in [0.2, 0.25) is 0 Å². The molecule has 0 radical (unpaired) electrons. The van der Waals surface area contributed by atoms with Gasteiger partial charge < -0.3 is 20.3 Å². The molecule has 0 saturated carbocycles. The summed E-state index contributed by atoms with van der Waals surface area (Å²) in [7, 11) is 0. The number of benzene rings is 2. The number of para-hydroxylation sites is 1. The maximum atomic E-state index is 12.0. The molecule has 2 amide bonds. The predicted octanol–water partition coefficient (Wildman–Crippen LogP) is 4.30. The highest BCUT2D eigenvalue weighted by Gasteiger charge is 2.05. The molecule has 5 nitrogen and oxygen atoms in total. The molecule has 0 aliphatic heterocycles. The monoisotopic (exact) mass is 355 g/mol. The van der Waals surface area contributed by atoms with Crippen molar-refractivity contribution in [3.63, 3.8) is 0 Å². The first-order chi connectivity index (χ1) is 12.7. The topological polar surface area (TPSA) is 53.6 Å². The number of nitrogens with one attached hydrogen (secondary N) is 2. The minimum Gasteiger partial charge on any atom is -0.491 e. The molecule has 140 valence electrons. The fourth-order valence-electron chi connectivity index (χ4n) is 2.78. The first-order valence-electron chi connectivity index (χ1n) is 9.28. The Bertz CT molecular complexity index is 682. The second-order valence-electron chi connectivity index (χ2n) is 5.91. The van der Waals surface area contributed by atoms with Gasteiger partial charge in [-0.15, -0.1) is 0 Å². The van der Waals surface area contributed by atoms with E-state index in [1.807, 2.05) is 42.5 Å². The number of nitrogens with zero attached hydrogens (tertiary/aromatic N) is 1. The average molecular weight is 355 g/mol. The van der Waals surface area contributed by atoms with Crippen LogP contribution < -0.4 is 20.3 Å². The van der Waals surface area contributed by atoms with Gasteiger partial charge in [0.05, 0.1) is 6.54 Å². The van der Waals surface area contributed by atoms with Crippen LogP contribution in [0.3, 0.4) is 0 Å². The number of aryl methyl sites for hydroxylation is 1. The van der Waals surface area contributed by atoms with E-state index in [0.717, 1.165) is 36.6 Å². The molecular formula is C21H29N3O2. The highest BCUT2D eigenvalue weighted by Crippen LogP contribution is 2.18. The van der Waals surface area contributed by atoms with E-state index < -0.39 is 0 Å². The third-order valence-corrected chi connectivity index (χ3v) is 4.25. The number of hydrogen-bond acceptors (Lipinski definition) is 3.